The molecule has 2 aromatic heterocycles. The first-order valence-corrected chi connectivity index (χ1v) is 7.33. The number of anilines is 1. The van der Waals surface area contributed by atoms with Crippen LogP contribution < -0.4 is 10.9 Å². The quantitative estimate of drug-likeness (QED) is 0.778. The average Bonchev–Trinajstić information content (AvgIpc) is 2.95. The minimum Gasteiger partial charge on any atom is -0.377 e. The summed E-state index contributed by atoms with van der Waals surface area (Å²) in [5, 5.41) is 14.2. The zero-order valence-corrected chi connectivity index (χ0v) is 12.3. The zero-order chi connectivity index (χ0) is 14.8. The molecule has 0 saturated heterocycles. The number of thiophene rings is 1. The number of aromatic amines is 1. The van der Waals surface area contributed by atoms with Crippen LogP contribution in [0.4, 0.5) is 5.69 Å². The van der Waals surface area contributed by atoms with Crippen LogP contribution in [-0.2, 0) is 6.54 Å². The third-order valence-electron chi connectivity index (χ3n) is 2.91. The molecule has 0 radical (unpaired) electrons. The van der Waals surface area contributed by atoms with Gasteiger partial charge in [-0.15, -0.1) is 11.3 Å². The van der Waals surface area contributed by atoms with Gasteiger partial charge >= 0.3 is 0 Å². The fraction of sp³-hybridized carbons (Fsp3) is 0.0714. The lowest BCUT2D eigenvalue weighted by Crippen LogP contribution is -2.13. The Bertz CT molecular complexity index is 909. The van der Waals surface area contributed by atoms with Crippen LogP contribution in [0.5, 0.6) is 0 Å². The molecule has 0 saturated carbocycles. The molecule has 104 valence electrons. The van der Waals surface area contributed by atoms with Crippen LogP contribution in [0, 0.1) is 11.3 Å². The number of benzene rings is 1. The van der Waals surface area contributed by atoms with Crippen molar-refractivity contribution >= 4 is 38.8 Å². The molecule has 21 heavy (non-hydrogen) atoms. The highest BCUT2D eigenvalue weighted by molar-refractivity contribution is 7.17. The molecule has 0 aliphatic carbocycles. The van der Waals surface area contributed by atoms with Gasteiger partial charge in [-0.1, -0.05) is 11.6 Å². The summed E-state index contributed by atoms with van der Waals surface area (Å²) in [6.45, 7) is 0.340. The van der Waals surface area contributed by atoms with Gasteiger partial charge in [-0.05, 0) is 29.6 Å². The van der Waals surface area contributed by atoms with E-state index in [1.807, 2.05) is 17.5 Å². The molecule has 7 heteroatoms. The molecule has 0 amide bonds. The topological polar surface area (TPSA) is 81.6 Å². The van der Waals surface area contributed by atoms with Gasteiger partial charge < -0.3 is 10.3 Å². The average molecular weight is 317 g/mol. The molecule has 0 aliphatic heterocycles. The molecule has 0 fully saturated rings. The Kier molecular flexibility index (Phi) is 3.60. The summed E-state index contributed by atoms with van der Waals surface area (Å²) in [5.74, 6) is 0.534. The highest BCUT2D eigenvalue weighted by atomic mass is 35.5. The first-order chi connectivity index (χ1) is 10.2. The van der Waals surface area contributed by atoms with E-state index in [4.69, 9.17) is 16.9 Å². The van der Waals surface area contributed by atoms with E-state index in [0.29, 0.717) is 38.9 Å². The van der Waals surface area contributed by atoms with E-state index in [0.717, 1.165) is 0 Å². The van der Waals surface area contributed by atoms with Gasteiger partial charge in [0, 0.05) is 0 Å². The monoisotopic (exact) mass is 316 g/mol. The van der Waals surface area contributed by atoms with E-state index in [1.54, 1.807) is 18.2 Å². The van der Waals surface area contributed by atoms with Gasteiger partial charge in [-0.3, -0.25) is 4.79 Å². The summed E-state index contributed by atoms with van der Waals surface area (Å²) in [7, 11) is 0. The molecule has 0 atom stereocenters. The summed E-state index contributed by atoms with van der Waals surface area (Å²) < 4.78 is 0.621. The maximum absolute atomic E-state index is 11.8. The second kappa shape index (κ2) is 5.56. The molecular weight excluding hydrogens is 308 g/mol. The van der Waals surface area contributed by atoms with E-state index < -0.39 is 0 Å². The largest absolute Gasteiger partial charge is 0.377 e. The van der Waals surface area contributed by atoms with Crippen molar-refractivity contribution in [2.75, 3.05) is 5.32 Å². The molecule has 5 nitrogen and oxygen atoms in total. The van der Waals surface area contributed by atoms with E-state index in [1.165, 1.54) is 11.3 Å². The minimum absolute atomic E-state index is 0.141. The van der Waals surface area contributed by atoms with Crippen LogP contribution in [0.1, 0.15) is 11.4 Å². The molecule has 2 heterocycles. The Morgan fingerprint density at radius 1 is 1.43 bits per heavy atom. The highest BCUT2D eigenvalue weighted by Gasteiger charge is 2.06. The zero-order valence-electron chi connectivity index (χ0n) is 10.7. The maximum atomic E-state index is 11.8. The molecule has 0 spiro atoms. The highest BCUT2D eigenvalue weighted by Crippen LogP contribution is 2.23. The first-order valence-electron chi connectivity index (χ1n) is 6.07. The normalized spacial score (nSPS) is 10.5. The van der Waals surface area contributed by atoms with Crippen LogP contribution >= 0.6 is 22.9 Å². The van der Waals surface area contributed by atoms with Crippen LogP contribution in [-0.4, -0.2) is 9.97 Å². The lowest BCUT2D eigenvalue weighted by molar-refractivity contribution is 0.956. The number of rotatable bonds is 3. The summed E-state index contributed by atoms with van der Waals surface area (Å²) >= 11 is 7.44. The van der Waals surface area contributed by atoms with Crippen LogP contribution in [0.25, 0.3) is 10.2 Å². The molecule has 1 aromatic carbocycles. The van der Waals surface area contributed by atoms with Gasteiger partial charge in [-0.2, -0.15) is 5.26 Å². The van der Waals surface area contributed by atoms with Gasteiger partial charge in [0.2, 0.25) is 0 Å². The Balaban J connectivity index is 1.83. The Labute approximate surface area is 128 Å². The second-order valence-electron chi connectivity index (χ2n) is 4.31. The molecule has 0 unspecified atom stereocenters. The van der Waals surface area contributed by atoms with Crippen LogP contribution in [0.2, 0.25) is 5.02 Å². The van der Waals surface area contributed by atoms with Gasteiger partial charge in [0.1, 0.15) is 10.5 Å². The minimum atomic E-state index is -0.141. The second-order valence-corrected chi connectivity index (χ2v) is 5.63. The van der Waals surface area contributed by atoms with E-state index >= 15 is 0 Å². The predicted octanol–water partition coefficient (Wildman–Crippen LogP) is 3.12. The fourth-order valence-corrected chi connectivity index (χ4v) is 2.89. The van der Waals surface area contributed by atoms with Gasteiger partial charge in [-0.25, -0.2) is 4.98 Å². The number of fused-ring (bicyclic) bond motifs is 1. The van der Waals surface area contributed by atoms with E-state index in [2.05, 4.69) is 15.3 Å². The number of H-pyrrole nitrogens is 1. The van der Waals surface area contributed by atoms with Crippen LogP contribution in [0.3, 0.4) is 0 Å². The summed E-state index contributed by atoms with van der Waals surface area (Å²) in [6.07, 6.45) is 0. The van der Waals surface area contributed by atoms with Crippen molar-refractivity contribution in [2.45, 2.75) is 6.54 Å². The first kappa shape index (κ1) is 13.6. The number of hydrogen-bond donors (Lipinski definition) is 2. The predicted molar refractivity (Wildman–Crippen MR) is 83.7 cm³/mol. The third-order valence-corrected chi connectivity index (χ3v) is 4.12. The van der Waals surface area contributed by atoms with Crippen molar-refractivity contribution in [2.24, 2.45) is 0 Å². The van der Waals surface area contributed by atoms with Crippen molar-refractivity contribution in [1.29, 1.82) is 5.26 Å². The summed E-state index contributed by atoms with van der Waals surface area (Å²) in [5.41, 5.74) is 1.73. The number of nitriles is 1. The standard InChI is InChI=1S/C14H9ClN4OS/c15-9-5-8(6-16)1-2-10(9)17-7-12-18-11-3-4-21-13(11)14(20)19-12/h1-5,17H,7H2,(H,18,19,20). The Hall–Kier alpha value is -2.36. The van der Waals surface area contributed by atoms with Crippen molar-refractivity contribution < 1.29 is 0 Å². The van der Waals surface area contributed by atoms with Gasteiger partial charge in [0.05, 0.1) is 34.4 Å². The van der Waals surface area contributed by atoms with Crippen molar-refractivity contribution in [3.63, 3.8) is 0 Å². The molecule has 3 rings (SSSR count). The molecule has 3 aromatic rings. The molecule has 0 bridgehead atoms. The fourth-order valence-electron chi connectivity index (χ4n) is 1.91. The number of aromatic nitrogens is 2. The molecule has 0 aliphatic rings. The van der Waals surface area contributed by atoms with Crippen molar-refractivity contribution in [1.82, 2.24) is 9.97 Å². The Morgan fingerprint density at radius 3 is 3.05 bits per heavy atom. The number of halogens is 1. The lowest BCUT2D eigenvalue weighted by atomic mass is 10.2. The summed E-state index contributed by atoms with van der Waals surface area (Å²) in [6, 6.07) is 8.82. The van der Waals surface area contributed by atoms with Crippen molar-refractivity contribution in [3.05, 3.63) is 56.4 Å². The smallest absolute Gasteiger partial charge is 0.268 e. The number of nitrogens with zero attached hydrogens (tertiary/aromatic N) is 2. The molecular formula is C14H9ClN4OS. The number of hydrogen-bond acceptors (Lipinski definition) is 5. The van der Waals surface area contributed by atoms with Gasteiger partial charge in [0.25, 0.3) is 5.56 Å². The maximum Gasteiger partial charge on any atom is 0.268 e. The van der Waals surface area contributed by atoms with Gasteiger partial charge in [0.15, 0.2) is 0 Å². The lowest BCUT2D eigenvalue weighted by Gasteiger charge is -2.08. The van der Waals surface area contributed by atoms with E-state index in [-0.39, 0.29) is 5.56 Å². The summed E-state index contributed by atoms with van der Waals surface area (Å²) in [4.78, 5) is 19.0. The van der Waals surface area contributed by atoms with E-state index in [9.17, 15) is 4.79 Å². The number of nitrogens with one attached hydrogen (secondary N) is 2. The Morgan fingerprint density at radius 2 is 2.29 bits per heavy atom. The SMILES string of the molecule is N#Cc1ccc(NCc2nc3ccsc3c(=O)[nH]2)c(Cl)c1. The third kappa shape index (κ3) is 2.75. The molecule has 2 N–H and O–H groups in total. The van der Waals surface area contributed by atoms with Crippen molar-refractivity contribution in [3.8, 4) is 6.07 Å². The van der Waals surface area contributed by atoms with Crippen LogP contribution in [0.15, 0.2) is 34.4 Å².